The van der Waals surface area contributed by atoms with E-state index in [1.807, 2.05) is 13.0 Å². The van der Waals surface area contributed by atoms with Crippen molar-refractivity contribution in [2.75, 3.05) is 6.54 Å². The van der Waals surface area contributed by atoms with Crippen LogP contribution in [0.2, 0.25) is 0 Å². The van der Waals surface area contributed by atoms with E-state index in [-0.39, 0.29) is 39.9 Å². The smallest absolute Gasteiger partial charge is 0.233 e. The molecule has 0 bridgehead atoms. The molecule has 1 N–H and O–H groups in total. The van der Waals surface area contributed by atoms with Crippen LogP contribution in [0.15, 0.2) is 51.6 Å². The van der Waals surface area contributed by atoms with Crippen LogP contribution in [0.3, 0.4) is 0 Å². The van der Waals surface area contributed by atoms with Crippen molar-refractivity contribution in [2.24, 2.45) is 17.8 Å². The number of imide groups is 1. The number of carbonyl (C=O) groups is 4. The number of halogens is 2. The van der Waals surface area contributed by atoms with E-state index >= 15 is 0 Å². The number of nitrogens with zero attached hydrogens (tertiary/aromatic N) is 1. The second-order valence-corrected chi connectivity index (χ2v) is 9.79. The SMILES string of the molecule is CCCN1C(=O)[C@H]2[C@H](CC=C3[C@H](c4ccc(O)c(F)c4)C4=C(C[C@H]32)C(=O)C(Br)=CC4=O)C1=O. The molecule has 33 heavy (non-hydrogen) atoms. The van der Waals surface area contributed by atoms with Crippen molar-refractivity contribution < 1.29 is 28.7 Å². The highest BCUT2D eigenvalue weighted by atomic mass is 79.9. The van der Waals surface area contributed by atoms with Gasteiger partial charge in [-0.05, 0) is 58.8 Å². The van der Waals surface area contributed by atoms with E-state index in [9.17, 15) is 28.7 Å². The molecule has 0 aromatic heterocycles. The lowest BCUT2D eigenvalue weighted by molar-refractivity contribution is -0.140. The number of benzene rings is 1. The van der Waals surface area contributed by atoms with Crippen LogP contribution in [0.25, 0.3) is 0 Å². The largest absolute Gasteiger partial charge is 0.505 e. The maximum absolute atomic E-state index is 14.3. The highest BCUT2D eigenvalue weighted by molar-refractivity contribution is 9.12. The first-order valence-electron chi connectivity index (χ1n) is 11.0. The molecule has 6 nitrogen and oxygen atoms in total. The van der Waals surface area contributed by atoms with Gasteiger partial charge < -0.3 is 5.11 Å². The van der Waals surface area contributed by atoms with E-state index in [1.54, 1.807) is 0 Å². The fraction of sp³-hybridized carbons (Fsp3) is 0.360. The minimum atomic E-state index is -0.835. The topological polar surface area (TPSA) is 91.8 Å². The molecule has 1 aromatic rings. The zero-order valence-corrected chi connectivity index (χ0v) is 19.4. The van der Waals surface area contributed by atoms with Crippen LogP contribution in [0.5, 0.6) is 5.75 Å². The number of phenols is 1. The van der Waals surface area contributed by atoms with E-state index in [0.717, 1.165) is 11.6 Å². The first kappa shape index (κ1) is 21.9. The van der Waals surface area contributed by atoms with Crippen molar-refractivity contribution in [2.45, 2.75) is 32.1 Å². The molecular weight excluding hydrogens is 493 g/mol. The van der Waals surface area contributed by atoms with Crippen LogP contribution in [-0.4, -0.2) is 39.9 Å². The van der Waals surface area contributed by atoms with Gasteiger partial charge in [-0.3, -0.25) is 24.1 Å². The molecule has 0 radical (unpaired) electrons. The molecule has 0 spiro atoms. The number of aromatic hydroxyl groups is 1. The summed E-state index contributed by atoms with van der Waals surface area (Å²) in [5.74, 6) is -4.76. The van der Waals surface area contributed by atoms with Gasteiger partial charge >= 0.3 is 0 Å². The molecule has 2 amide bonds. The van der Waals surface area contributed by atoms with Crippen molar-refractivity contribution >= 4 is 39.3 Å². The summed E-state index contributed by atoms with van der Waals surface area (Å²) in [5.41, 5.74) is 1.75. The monoisotopic (exact) mass is 513 g/mol. The molecule has 0 unspecified atom stereocenters. The summed E-state index contributed by atoms with van der Waals surface area (Å²) < 4.78 is 14.5. The summed E-state index contributed by atoms with van der Waals surface area (Å²) in [6.45, 7) is 2.24. The van der Waals surface area contributed by atoms with Gasteiger partial charge in [-0.15, -0.1) is 0 Å². The lowest BCUT2D eigenvalue weighted by Crippen LogP contribution is -2.39. The number of likely N-dealkylation sites (tertiary alicyclic amines) is 1. The number of allylic oxidation sites excluding steroid dienone is 6. The Morgan fingerprint density at radius 1 is 1.15 bits per heavy atom. The molecule has 5 rings (SSSR count). The van der Waals surface area contributed by atoms with Crippen LogP contribution < -0.4 is 0 Å². The molecule has 1 aromatic carbocycles. The second-order valence-electron chi connectivity index (χ2n) is 8.93. The lowest BCUT2D eigenvalue weighted by Gasteiger charge is -2.42. The normalized spacial score (nSPS) is 29.0. The van der Waals surface area contributed by atoms with Gasteiger partial charge in [-0.25, -0.2) is 4.39 Å². The number of carbonyl (C=O) groups excluding carboxylic acids is 4. The number of ketones is 2. The number of amides is 2. The predicted octanol–water partition coefficient (Wildman–Crippen LogP) is 3.70. The number of hydrogen-bond donors (Lipinski definition) is 1. The minimum Gasteiger partial charge on any atom is -0.505 e. The van der Waals surface area contributed by atoms with Gasteiger partial charge in [0.25, 0.3) is 0 Å². The zero-order valence-electron chi connectivity index (χ0n) is 17.8. The Labute approximate surface area is 198 Å². The van der Waals surface area contributed by atoms with Gasteiger partial charge in [0.1, 0.15) is 0 Å². The summed E-state index contributed by atoms with van der Waals surface area (Å²) >= 11 is 3.17. The lowest BCUT2D eigenvalue weighted by atomic mass is 9.59. The van der Waals surface area contributed by atoms with Gasteiger partial charge in [0, 0.05) is 29.7 Å². The van der Waals surface area contributed by atoms with E-state index < -0.39 is 35.2 Å². The molecule has 3 aliphatic carbocycles. The fourth-order valence-electron chi connectivity index (χ4n) is 5.80. The summed E-state index contributed by atoms with van der Waals surface area (Å²) in [7, 11) is 0. The van der Waals surface area contributed by atoms with Gasteiger partial charge in [-0.2, -0.15) is 0 Å². The van der Waals surface area contributed by atoms with E-state index in [1.165, 1.54) is 23.1 Å². The van der Waals surface area contributed by atoms with Gasteiger partial charge in [0.2, 0.25) is 11.8 Å². The molecule has 1 saturated heterocycles. The average Bonchev–Trinajstić information content (AvgIpc) is 3.03. The van der Waals surface area contributed by atoms with Crippen LogP contribution >= 0.6 is 15.9 Å². The Morgan fingerprint density at radius 3 is 2.61 bits per heavy atom. The third-order valence-corrected chi connectivity index (χ3v) is 7.76. The van der Waals surface area contributed by atoms with E-state index in [0.29, 0.717) is 30.5 Å². The minimum absolute atomic E-state index is 0.142. The molecule has 0 saturated carbocycles. The third kappa shape index (κ3) is 3.18. The van der Waals surface area contributed by atoms with Crippen LogP contribution in [0.1, 0.15) is 37.7 Å². The highest BCUT2D eigenvalue weighted by Crippen LogP contribution is 2.55. The van der Waals surface area contributed by atoms with Crippen molar-refractivity contribution in [3.05, 3.63) is 62.9 Å². The molecule has 4 atom stereocenters. The second kappa shape index (κ2) is 7.87. The Balaban J connectivity index is 1.68. The summed E-state index contributed by atoms with van der Waals surface area (Å²) in [5, 5.41) is 9.68. The van der Waals surface area contributed by atoms with Crippen LogP contribution in [0.4, 0.5) is 4.39 Å². The Hall–Kier alpha value is -2.87. The maximum atomic E-state index is 14.3. The van der Waals surface area contributed by atoms with Gasteiger partial charge in [0.05, 0.1) is 16.3 Å². The van der Waals surface area contributed by atoms with Crippen molar-refractivity contribution in [1.82, 2.24) is 4.90 Å². The van der Waals surface area contributed by atoms with Gasteiger partial charge in [-0.1, -0.05) is 24.6 Å². The summed E-state index contributed by atoms with van der Waals surface area (Å²) in [6.07, 6.45) is 4.29. The highest BCUT2D eigenvalue weighted by Gasteiger charge is 2.56. The Kier molecular flexibility index (Phi) is 5.23. The molecule has 170 valence electrons. The Bertz CT molecular complexity index is 1230. The molecular formula is C25H21BrFNO5. The predicted molar refractivity (Wildman–Crippen MR) is 120 cm³/mol. The maximum Gasteiger partial charge on any atom is 0.233 e. The molecule has 8 heteroatoms. The van der Waals surface area contributed by atoms with E-state index in [4.69, 9.17) is 0 Å². The number of phenolic OH excluding ortho intramolecular Hbond substituents is 1. The molecule has 1 fully saturated rings. The Morgan fingerprint density at radius 2 is 1.91 bits per heavy atom. The van der Waals surface area contributed by atoms with Crippen LogP contribution in [0, 0.1) is 23.6 Å². The molecule has 1 aliphatic heterocycles. The molecule has 1 heterocycles. The first-order chi connectivity index (χ1) is 15.7. The van der Waals surface area contributed by atoms with Gasteiger partial charge in [0.15, 0.2) is 23.1 Å². The van der Waals surface area contributed by atoms with Crippen molar-refractivity contribution in [3.8, 4) is 5.75 Å². The third-order valence-electron chi connectivity index (χ3n) is 7.17. The quantitative estimate of drug-likeness (QED) is 0.378. The van der Waals surface area contributed by atoms with Crippen LogP contribution in [-0.2, 0) is 19.2 Å². The summed E-state index contributed by atoms with van der Waals surface area (Å²) in [4.78, 5) is 53.7. The zero-order chi connectivity index (χ0) is 23.6. The average molecular weight is 514 g/mol. The number of Topliss-reactive ketones (excluding diaryl/α,β-unsaturated/α-hetero) is 1. The molecule has 4 aliphatic rings. The standard InChI is InChI=1S/C25H21BrFNO5/c1-2-7-28-24(32)13-5-4-12-14(21(13)25(28)33)9-15-22(19(30)10-16(26)23(15)31)20(12)11-3-6-18(29)17(27)8-11/h3-4,6,8,10,13-14,20-21,29H,2,5,7,9H2,1H3/t13-,14+,20-,21-/m0/s1. The number of rotatable bonds is 3. The number of fused-ring (bicyclic) bond motifs is 3. The van der Waals surface area contributed by atoms with Crippen molar-refractivity contribution in [3.63, 3.8) is 0 Å². The first-order valence-corrected chi connectivity index (χ1v) is 11.8. The van der Waals surface area contributed by atoms with Crippen molar-refractivity contribution in [1.29, 1.82) is 0 Å². The number of hydrogen-bond acceptors (Lipinski definition) is 5. The fourth-order valence-corrected chi connectivity index (χ4v) is 6.25. The summed E-state index contributed by atoms with van der Waals surface area (Å²) in [6, 6.07) is 3.91. The van der Waals surface area contributed by atoms with E-state index in [2.05, 4.69) is 15.9 Å².